The molecule has 0 spiro atoms. The van der Waals surface area contributed by atoms with Gasteiger partial charge in [-0.05, 0) is 17.7 Å². The predicted octanol–water partition coefficient (Wildman–Crippen LogP) is 2.55. The number of aromatic nitrogens is 3. The number of rotatable bonds is 4. The number of nitrogens with zero attached hydrogens (tertiary/aromatic N) is 4. The third-order valence-corrected chi connectivity index (χ3v) is 2.95. The van der Waals surface area contributed by atoms with Gasteiger partial charge in [0.05, 0.1) is 4.92 Å². The summed E-state index contributed by atoms with van der Waals surface area (Å²) in [5.41, 5.74) is 2.32. The highest BCUT2D eigenvalue weighted by molar-refractivity contribution is 5.71. The van der Waals surface area contributed by atoms with E-state index in [1.54, 1.807) is 24.5 Å². The number of anilines is 1. The molecule has 0 aliphatic carbocycles. The number of hydrogen-bond donors (Lipinski definition) is 1. The summed E-state index contributed by atoms with van der Waals surface area (Å²) in [5, 5.41) is 13.7. The number of pyridine rings is 1. The van der Waals surface area contributed by atoms with Crippen molar-refractivity contribution < 1.29 is 4.92 Å². The van der Waals surface area contributed by atoms with Crippen molar-refractivity contribution in [3.63, 3.8) is 0 Å². The second-order valence-corrected chi connectivity index (χ2v) is 4.37. The number of nitro benzene ring substituents is 1. The van der Waals surface area contributed by atoms with Crippen LogP contribution in [0.25, 0.3) is 11.2 Å². The third kappa shape index (κ3) is 2.92. The maximum absolute atomic E-state index is 10.6. The van der Waals surface area contributed by atoms with Crippen LogP contribution in [0.3, 0.4) is 0 Å². The summed E-state index contributed by atoms with van der Waals surface area (Å²) in [4.78, 5) is 22.8. The molecule has 104 valence electrons. The highest BCUT2D eigenvalue weighted by Gasteiger charge is 2.04. The molecule has 2 heterocycles. The first-order valence-corrected chi connectivity index (χ1v) is 6.27. The normalized spacial score (nSPS) is 10.5. The van der Waals surface area contributed by atoms with Gasteiger partial charge in [-0.1, -0.05) is 12.1 Å². The molecule has 0 fully saturated rings. The number of non-ortho nitro benzene ring substituents is 1. The van der Waals surface area contributed by atoms with E-state index in [-0.39, 0.29) is 5.69 Å². The van der Waals surface area contributed by atoms with Crippen molar-refractivity contribution in [1.29, 1.82) is 0 Å². The van der Waals surface area contributed by atoms with E-state index < -0.39 is 4.92 Å². The maximum atomic E-state index is 10.6. The van der Waals surface area contributed by atoms with Crippen LogP contribution in [0.15, 0.2) is 48.8 Å². The van der Waals surface area contributed by atoms with E-state index in [4.69, 9.17) is 0 Å². The lowest BCUT2D eigenvalue weighted by molar-refractivity contribution is -0.384. The van der Waals surface area contributed by atoms with E-state index in [2.05, 4.69) is 20.3 Å². The van der Waals surface area contributed by atoms with Gasteiger partial charge in [-0.25, -0.2) is 9.97 Å². The molecule has 0 radical (unpaired) electrons. The van der Waals surface area contributed by atoms with Gasteiger partial charge >= 0.3 is 0 Å². The molecule has 0 bridgehead atoms. The zero-order chi connectivity index (χ0) is 14.7. The molecular formula is C14H11N5O2. The van der Waals surface area contributed by atoms with Gasteiger partial charge < -0.3 is 5.32 Å². The van der Waals surface area contributed by atoms with Crippen LogP contribution in [-0.4, -0.2) is 19.9 Å². The Morgan fingerprint density at radius 1 is 1.05 bits per heavy atom. The fourth-order valence-electron chi connectivity index (χ4n) is 1.88. The van der Waals surface area contributed by atoms with E-state index >= 15 is 0 Å². The van der Waals surface area contributed by atoms with Crippen LogP contribution in [-0.2, 0) is 6.54 Å². The standard InChI is InChI=1S/C14H11N5O2/c20-19(21)11-3-1-10(2-4-11)9-17-13-6-5-12-14(18-13)16-8-7-15-12/h1-8H,9H2,(H,16,17,18). The van der Waals surface area contributed by atoms with E-state index in [0.29, 0.717) is 18.0 Å². The van der Waals surface area contributed by atoms with E-state index in [1.807, 2.05) is 12.1 Å². The topological polar surface area (TPSA) is 93.8 Å². The Hall–Kier alpha value is -3.09. The summed E-state index contributed by atoms with van der Waals surface area (Å²) >= 11 is 0. The molecule has 0 saturated heterocycles. The Kier molecular flexibility index (Phi) is 3.38. The lowest BCUT2D eigenvalue weighted by Gasteiger charge is -2.06. The fourth-order valence-corrected chi connectivity index (χ4v) is 1.88. The molecule has 0 aliphatic heterocycles. The number of hydrogen-bond acceptors (Lipinski definition) is 6. The molecule has 2 aromatic heterocycles. The molecule has 0 amide bonds. The van der Waals surface area contributed by atoms with Gasteiger partial charge in [0.15, 0.2) is 5.65 Å². The van der Waals surface area contributed by atoms with Gasteiger partial charge in [0.2, 0.25) is 0 Å². The molecule has 21 heavy (non-hydrogen) atoms. The highest BCUT2D eigenvalue weighted by atomic mass is 16.6. The van der Waals surface area contributed by atoms with Crippen LogP contribution in [0, 0.1) is 10.1 Å². The summed E-state index contributed by atoms with van der Waals surface area (Å²) < 4.78 is 0. The first-order valence-electron chi connectivity index (χ1n) is 6.27. The molecule has 1 N–H and O–H groups in total. The van der Waals surface area contributed by atoms with Crippen molar-refractivity contribution in [2.45, 2.75) is 6.54 Å². The van der Waals surface area contributed by atoms with Crippen LogP contribution in [0.1, 0.15) is 5.56 Å². The second-order valence-electron chi connectivity index (χ2n) is 4.37. The minimum absolute atomic E-state index is 0.0813. The number of nitrogens with one attached hydrogen (secondary N) is 1. The zero-order valence-electron chi connectivity index (χ0n) is 10.9. The van der Waals surface area contributed by atoms with Crippen LogP contribution < -0.4 is 5.32 Å². The van der Waals surface area contributed by atoms with E-state index in [0.717, 1.165) is 11.1 Å². The Labute approximate surface area is 119 Å². The molecule has 7 nitrogen and oxygen atoms in total. The highest BCUT2D eigenvalue weighted by Crippen LogP contribution is 2.14. The Balaban J connectivity index is 1.72. The SMILES string of the molecule is O=[N+]([O-])c1ccc(CNc2ccc3nccnc3n2)cc1. The second kappa shape index (κ2) is 5.49. The smallest absolute Gasteiger partial charge is 0.269 e. The van der Waals surface area contributed by atoms with Crippen LogP contribution in [0.4, 0.5) is 11.5 Å². The minimum atomic E-state index is -0.416. The quantitative estimate of drug-likeness (QED) is 0.583. The van der Waals surface area contributed by atoms with Gasteiger partial charge in [0.25, 0.3) is 5.69 Å². The lowest BCUT2D eigenvalue weighted by atomic mass is 10.2. The first-order chi connectivity index (χ1) is 10.2. The average molecular weight is 281 g/mol. The van der Waals surface area contributed by atoms with E-state index in [1.165, 1.54) is 12.1 Å². The molecule has 0 aliphatic rings. The van der Waals surface area contributed by atoms with Gasteiger partial charge in [-0.15, -0.1) is 0 Å². The van der Waals surface area contributed by atoms with Crippen molar-refractivity contribution in [3.05, 3.63) is 64.5 Å². The molecule has 3 aromatic rings. The largest absolute Gasteiger partial charge is 0.366 e. The van der Waals surface area contributed by atoms with Gasteiger partial charge in [-0.3, -0.25) is 15.1 Å². The monoisotopic (exact) mass is 281 g/mol. The van der Waals surface area contributed by atoms with Gasteiger partial charge in [0, 0.05) is 31.1 Å². The molecule has 0 saturated carbocycles. The average Bonchev–Trinajstić information content (AvgIpc) is 2.53. The van der Waals surface area contributed by atoms with Gasteiger partial charge in [-0.2, -0.15) is 0 Å². The minimum Gasteiger partial charge on any atom is -0.366 e. The van der Waals surface area contributed by atoms with Crippen LogP contribution in [0.2, 0.25) is 0 Å². The summed E-state index contributed by atoms with van der Waals surface area (Å²) in [5.74, 6) is 0.682. The molecule has 7 heteroatoms. The Morgan fingerprint density at radius 2 is 1.81 bits per heavy atom. The summed E-state index contributed by atoms with van der Waals surface area (Å²) in [6.07, 6.45) is 3.21. The lowest BCUT2D eigenvalue weighted by Crippen LogP contribution is -2.02. The maximum Gasteiger partial charge on any atom is 0.269 e. The molecule has 1 aromatic carbocycles. The zero-order valence-corrected chi connectivity index (χ0v) is 10.9. The Bertz CT molecular complexity index is 789. The van der Waals surface area contributed by atoms with Gasteiger partial charge in [0.1, 0.15) is 11.3 Å². The molecule has 0 unspecified atom stereocenters. The number of nitro groups is 1. The predicted molar refractivity (Wildman–Crippen MR) is 77.8 cm³/mol. The summed E-state index contributed by atoms with van der Waals surface area (Å²) in [6.45, 7) is 0.525. The third-order valence-electron chi connectivity index (χ3n) is 2.95. The van der Waals surface area contributed by atoms with Crippen molar-refractivity contribution >= 4 is 22.7 Å². The fraction of sp³-hybridized carbons (Fsp3) is 0.0714. The number of fused-ring (bicyclic) bond motifs is 1. The Morgan fingerprint density at radius 3 is 2.57 bits per heavy atom. The van der Waals surface area contributed by atoms with E-state index in [9.17, 15) is 10.1 Å². The summed E-state index contributed by atoms with van der Waals surface area (Å²) in [7, 11) is 0. The van der Waals surface area contributed by atoms with Crippen molar-refractivity contribution in [2.24, 2.45) is 0 Å². The van der Waals surface area contributed by atoms with Crippen LogP contribution >= 0.6 is 0 Å². The first kappa shape index (κ1) is 12.9. The summed E-state index contributed by atoms with van der Waals surface area (Å²) in [6, 6.07) is 10.1. The van der Waals surface area contributed by atoms with Crippen LogP contribution in [0.5, 0.6) is 0 Å². The molecule has 3 rings (SSSR count). The molecule has 0 atom stereocenters. The molecular weight excluding hydrogens is 270 g/mol. The number of benzene rings is 1. The van der Waals surface area contributed by atoms with Crippen molar-refractivity contribution in [3.8, 4) is 0 Å². The van der Waals surface area contributed by atoms with Crippen molar-refractivity contribution in [2.75, 3.05) is 5.32 Å². The van der Waals surface area contributed by atoms with Crippen molar-refractivity contribution in [1.82, 2.24) is 15.0 Å².